The minimum atomic E-state index is -0.745. The molecule has 1 aromatic carbocycles. The number of aliphatic hydroxyl groups is 1. The van der Waals surface area contributed by atoms with Crippen molar-refractivity contribution in [2.45, 2.75) is 19.6 Å². The fourth-order valence-corrected chi connectivity index (χ4v) is 3.21. The number of benzene rings is 1. The van der Waals surface area contributed by atoms with Crippen LogP contribution in [0.3, 0.4) is 0 Å². The number of nitrogens with two attached hydrogens (primary N) is 2. The van der Waals surface area contributed by atoms with E-state index in [-0.39, 0.29) is 5.56 Å². The Kier molecular flexibility index (Phi) is 5.91. The molecule has 0 fully saturated rings. The second-order valence-electron chi connectivity index (χ2n) is 5.38. The standard InChI is InChI=1S/C16H20N4O3S/c1-9(21)7-19-8-10-2-4-11(5-3-10)13-6-12(14(17)22)15(24-13)20-16(18)23/h2-6,9,19,21H,7-8H2,1H3,(H2,17,22)(H3,18,20,23)/t9-/m0/s1. The van der Waals surface area contributed by atoms with Crippen molar-refractivity contribution < 1.29 is 14.7 Å². The predicted molar refractivity (Wildman–Crippen MR) is 94.9 cm³/mol. The molecule has 0 aliphatic carbocycles. The molecule has 0 bridgehead atoms. The molecule has 1 heterocycles. The van der Waals surface area contributed by atoms with E-state index in [0.717, 1.165) is 16.0 Å². The summed E-state index contributed by atoms with van der Waals surface area (Å²) in [6, 6.07) is 8.64. The molecule has 0 saturated heterocycles. The van der Waals surface area contributed by atoms with Crippen LogP contribution in [0.25, 0.3) is 10.4 Å². The molecule has 0 radical (unpaired) electrons. The molecular formula is C16H20N4O3S. The average Bonchev–Trinajstić information content (AvgIpc) is 2.91. The van der Waals surface area contributed by atoms with Crippen molar-refractivity contribution in [3.63, 3.8) is 0 Å². The Morgan fingerprint density at radius 1 is 1.25 bits per heavy atom. The molecule has 128 valence electrons. The van der Waals surface area contributed by atoms with Crippen molar-refractivity contribution in [1.29, 1.82) is 0 Å². The van der Waals surface area contributed by atoms with Crippen molar-refractivity contribution >= 4 is 28.3 Å². The van der Waals surface area contributed by atoms with Crippen molar-refractivity contribution in [3.8, 4) is 10.4 Å². The fraction of sp³-hybridized carbons (Fsp3) is 0.250. The molecular weight excluding hydrogens is 328 g/mol. The van der Waals surface area contributed by atoms with Gasteiger partial charge in [0.05, 0.1) is 11.7 Å². The average molecular weight is 348 g/mol. The summed E-state index contributed by atoms with van der Waals surface area (Å²) in [4.78, 5) is 23.3. The van der Waals surface area contributed by atoms with E-state index >= 15 is 0 Å². The Balaban J connectivity index is 2.16. The first-order valence-corrected chi connectivity index (χ1v) is 8.16. The summed E-state index contributed by atoms with van der Waals surface area (Å²) >= 11 is 1.24. The van der Waals surface area contributed by atoms with E-state index < -0.39 is 18.0 Å². The van der Waals surface area contributed by atoms with Crippen LogP contribution in [0, 0.1) is 0 Å². The lowest BCUT2D eigenvalue weighted by molar-refractivity contribution is 0.100. The van der Waals surface area contributed by atoms with Gasteiger partial charge in [0.25, 0.3) is 5.91 Å². The number of amides is 3. The molecule has 2 rings (SSSR count). The summed E-state index contributed by atoms with van der Waals surface area (Å²) in [6.45, 7) is 2.90. The Hall–Kier alpha value is -2.42. The van der Waals surface area contributed by atoms with Gasteiger partial charge in [-0.05, 0) is 24.1 Å². The van der Waals surface area contributed by atoms with Crippen LogP contribution in [0.4, 0.5) is 9.80 Å². The van der Waals surface area contributed by atoms with Gasteiger partial charge >= 0.3 is 6.03 Å². The highest BCUT2D eigenvalue weighted by Gasteiger charge is 2.16. The molecule has 2 aromatic rings. The Bertz CT molecular complexity index is 725. The molecule has 3 amide bonds. The van der Waals surface area contributed by atoms with E-state index in [2.05, 4.69) is 10.6 Å². The minimum Gasteiger partial charge on any atom is -0.392 e. The number of aliphatic hydroxyl groups excluding tert-OH is 1. The normalized spacial score (nSPS) is 11.9. The minimum absolute atomic E-state index is 0.233. The predicted octanol–water partition coefficient (Wildman–Crippen LogP) is 1.47. The van der Waals surface area contributed by atoms with Crippen molar-refractivity contribution in [2.75, 3.05) is 11.9 Å². The molecule has 24 heavy (non-hydrogen) atoms. The van der Waals surface area contributed by atoms with Crippen LogP contribution in [0.1, 0.15) is 22.8 Å². The zero-order valence-corrected chi connectivity index (χ0v) is 14.0. The molecule has 0 aliphatic heterocycles. The summed E-state index contributed by atoms with van der Waals surface area (Å²) in [5.74, 6) is -0.625. The van der Waals surface area contributed by atoms with Gasteiger partial charge in [-0.15, -0.1) is 11.3 Å². The molecule has 1 aromatic heterocycles. The molecule has 0 unspecified atom stereocenters. The van der Waals surface area contributed by atoms with Gasteiger partial charge in [0.15, 0.2) is 0 Å². The van der Waals surface area contributed by atoms with Crippen molar-refractivity contribution in [1.82, 2.24) is 5.32 Å². The third kappa shape index (κ3) is 4.79. The molecule has 7 N–H and O–H groups in total. The van der Waals surface area contributed by atoms with Crippen LogP contribution in [0.5, 0.6) is 0 Å². The SMILES string of the molecule is C[C@H](O)CNCc1ccc(-c2cc(C(N)=O)c(NC(N)=O)s2)cc1. The monoisotopic (exact) mass is 348 g/mol. The first-order valence-electron chi connectivity index (χ1n) is 7.35. The van der Waals surface area contributed by atoms with Crippen LogP contribution >= 0.6 is 11.3 Å². The highest BCUT2D eigenvalue weighted by molar-refractivity contribution is 7.20. The zero-order valence-electron chi connectivity index (χ0n) is 13.2. The van der Waals surface area contributed by atoms with Crippen LogP contribution in [-0.2, 0) is 6.54 Å². The maximum absolute atomic E-state index is 11.5. The van der Waals surface area contributed by atoms with Gasteiger partial charge in [0, 0.05) is 18.0 Å². The van der Waals surface area contributed by atoms with E-state index in [1.165, 1.54) is 11.3 Å². The second-order valence-corrected chi connectivity index (χ2v) is 6.44. The van der Waals surface area contributed by atoms with Gasteiger partial charge in [-0.1, -0.05) is 24.3 Å². The van der Waals surface area contributed by atoms with Gasteiger partial charge in [-0.2, -0.15) is 0 Å². The summed E-state index contributed by atoms with van der Waals surface area (Å²) in [6.07, 6.45) is -0.390. The van der Waals surface area contributed by atoms with E-state index in [1.807, 2.05) is 24.3 Å². The second kappa shape index (κ2) is 7.91. The summed E-state index contributed by atoms with van der Waals surface area (Å²) < 4.78 is 0. The van der Waals surface area contributed by atoms with E-state index in [4.69, 9.17) is 11.5 Å². The number of hydrogen-bond acceptors (Lipinski definition) is 5. The number of carbonyl (C=O) groups is 2. The van der Waals surface area contributed by atoms with Crippen LogP contribution in [0.2, 0.25) is 0 Å². The summed E-state index contributed by atoms with van der Waals surface area (Å²) in [7, 11) is 0. The van der Waals surface area contributed by atoms with Crippen LogP contribution in [-0.4, -0.2) is 29.7 Å². The van der Waals surface area contributed by atoms with Crippen LogP contribution in [0.15, 0.2) is 30.3 Å². The lowest BCUT2D eigenvalue weighted by Gasteiger charge is -2.07. The van der Waals surface area contributed by atoms with Gasteiger partial charge in [0.1, 0.15) is 5.00 Å². The lowest BCUT2D eigenvalue weighted by atomic mass is 10.1. The van der Waals surface area contributed by atoms with Crippen molar-refractivity contribution in [3.05, 3.63) is 41.5 Å². The van der Waals surface area contributed by atoms with E-state index in [1.54, 1.807) is 13.0 Å². The number of nitrogens with one attached hydrogen (secondary N) is 2. The largest absolute Gasteiger partial charge is 0.392 e. The topological polar surface area (TPSA) is 130 Å². The quantitative estimate of drug-likeness (QED) is 0.518. The van der Waals surface area contributed by atoms with Crippen molar-refractivity contribution in [2.24, 2.45) is 11.5 Å². The first-order chi connectivity index (χ1) is 11.4. The summed E-state index contributed by atoms with van der Waals surface area (Å²) in [5, 5.41) is 15.1. The van der Waals surface area contributed by atoms with E-state index in [9.17, 15) is 14.7 Å². The maximum Gasteiger partial charge on any atom is 0.317 e. The number of urea groups is 1. The maximum atomic E-state index is 11.5. The smallest absolute Gasteiger partial charge is 0.317 e. The third-order valence-corrected chi connectivity index (χ3v) is 4.34. The number of thiophene rings is 1. The Labute approximate surface area is 143 Å². The van der Waals surface area contributed by atoms with Gasteiger partial charge < -0.3 is 21.9 Å². The summed E-state index contributed by atoms with van der Waals surface area (Å²) in [5.41, 5.74) is 12.6. The van der Waals surface area contributed by atoms with Gasteiger partial charge in [-0.3, -0.25) is 10.1 Å². The number of rotatable bonds is 7. The highest BCUT2D eigenvalue weighted by atomic mass is 32.1. The van der Waals surface area contributed by atoms with Gasteiger partial charge in [-0.25, -0.2) is 4.79 Å². The molecule has 0 saturated carbocycles. The zero-order chi connectivity index (χ0) is 17.7. The number of hydrogen-bond donors (Lipinski definition) is 5. The van der Waals surface area contributed by atoms with Crippen LogP contribution < -0.4 is 22.1 Å². The third-order valence-electron chi connectivity index (χ3n) is 3.24. The molecule has 0 aliphatic rings. The first kappa shape index (κ1) is 17.9. The molecule has 7 nitrogen and oxygen atoms in total. The number of carbonyl (C=O) groups excluding carboxylic acids is 2. The number of anilines is 1. The highest BCUT2D eigenvalue weighted by Crippen LogP contribution is 2.35. The Morgan fingerprint density at radius 2 is 1.92 bits per heavy atom. The Morgan fingerprint density at radius 3 is 2.46 bits per heavy atom. The molecule has 8 heteroatoms. The molecule has 0 spiro atoms. The number of primary amides is 2. The van der Waals surface area contributed by atoms with E-state index in [0.29, 0.717) is 18.1 Å². The molecule has 1 atom stereocenters. The van der Waals surface area contributed by atoms with Gasteiger partial charge in [0.2, 0.25) is 0 Å². The lowest BCUT2D eigenvalue weighted by Crippen LogP contribution is -2.23. The fourth-order valence-electron chi connectivity index (χ4n) is 2.13.